The summed E-state index contributed by atoms with van der Waals surface area (Å²) in [5, 5.41) is 0. The van der Waals surface area contributed by atoms with Crippen molar-refractivity contribution in [2.75, 3.05) is 40.0 Å². The van der Waals surface area contributed by atoms with Crippen molar-refractivity contribution in [1.82, 2.24) is 4.90 Å². The van der Waals surface area contributed by atoms with Gasteiger partial charge in [-0.2, -0.15) is 0 Å². The highest BCUT2D eigenvalue weighted by Crippen LogP contribution is 2.33. The molecular formula is C26H43NO2. The van der Waals surface area contributed by atoms with Gasteiger partial charge in [0.2, 0.25) is 0 Å². The summed E-state index contributed by atoms with van der Waals surface area (Å²) < 4.78 is 10.7. The summed E-state index contributed by atoms with van der Waals surface area (Å²) >= 11 is 0. The molecule has 3 nitrogen and oxygen atoms in total. The number of aryl methyl sites for hydroxylation is 1. The first-order valence-corrected chi connectivity index (χ1v) is 11.3. The Labute approximate surface area is 179 Å². The van der Waals surface area contributed by atoms with E-state index in [-0.39, 0.29) is 5.41 Å². The van der Waals surface area contributed by atoms with Crippen LogP contribution in [0.4, 0.5) is 0 Å². The van der Waals surface area contributed by atoms with Crippen LogP contribution in [0.15, 0.2) is 35.9 Å². The van der Waals surface area contributed by atoms with Crippen LogP contribution in [0.25, 0.3) is 0 Å². The highest BCUT2D eigenvalue weighted by atomic mass is 16.5. The zero-order valence-electron chi connectivity index (χ0n) is 19.7. The standard InChI is InChI=1S/C26H43NO2/c1-21(2)19-25(20-26(4,5)24-9-7-22(3)8-10-24)27-14-11-23(12-15-27)13-16-29-18-17-28-6/h7-10,19,23,25H,11-18,20H2,1-6H3. The maximum Gasteiger partial charge on any atom is 0.0700 e. The predicted octanol–water partition coefficient (Wildman–Crippen LogP) is 5.76. The molecule has 1 atom stereocenters. The first kappa shape index (κ1) is 24.1. The van der Waals surface area contributed by atoms with Gasteiger partial charge < -0.3 is 9.47 Å². The van der Waals surface area contributed by atoms with Gasteiger partial charge in [-0.05, 0) is 76.4 Å². The van der Waals surface area contributed by atoms with E-state index in [1.807, 2.05) is 0 Å². The molecule has 0 radical (unpaired) electrons. The quantitative estimate of drug-likeness (QED) is 0.347. The molecule has 0 saturated carbocycles. The average molecular weight is 402 g/mol. The second-order valence-corrected chi connectivity index (χ2v) is 9.64. The van der Waals surface area contributed by atoms with Crippen molar-refractivity contribution in [3.8, 4) is 0 Å². The normalized spacial score (nSPS) is 17.3. The second-order valence-electron chi connectivity index (χ2n) is 9.64. The first-order chi connectivity index (χ1) is 13.8. The minimum atomic E-state index is 0.163. The van der Waals surface area contributed by atoms with Gasteiger partial charge in [-0.1, -0.05) is 55.3 Å². The Morgan fingerprint density at radius 2 is 1.76 bits per heavy atom. The van der Waals surface area contributed by atoms with Gasteiger partial charge in [0.1, 0.15) is 0 Å². The topological polar surface area (TPSA) is 21.7 Å². The number of hydrogen-bond acceptors (Lipinski definition) is 3. The highest BCUT2D eigenvalue weighted by molar-refractivity contribution is 5.28. The van der Waals surface area contributed by atoms with Gasteiger partial charge in [-0.3, -0.25) is 4.90 Å². The Hall–Kier alpha value is -1.16. The lowest BCUT2D eigenvalue weighted by Gasteiger charge is -2.40. The molecule has 1 unspecified atom stereocenters. The Morgan fingerprint density at radius 1 is 1.10 bits per heavy atom. The molecule has 1 aliphatic rings. The van der Waals surface area contributed by atoms with E-state index in [4.69, 9.17) is 9.47 Å². The van der Waals surface area contributed by atoms with Gasteiger partial charge in [-0.25, -0.2) is 0 Å². The Balaban J connectivity index is 1.92. The molecule has 0 bridgehead atoms. The fourth-order valence-electron chi connectivity index (χ4n) is 4.39. The average Bonchev–Trinajstić information content (AvgIpc) is 2.67. The summed E-state index contributed by atoms with van der Waals surface area (Å²) in [7, 11) is 1.72. The van der Waals surface area contributed by atoms with Crippen LogP contribution in [0, 0.1) is 12.8 Å². The number of rotatable bonds is 11. The van der Waals surface area contributed by atoms with Gasteiger partial charge in [0.05, 0.1) is 13.2 Å². The first-order valence-electron chi connectivity index (χ1n) is 11.3. The molecule has 0 N–H and O–H groups in total. The zero-order chi connectivity index (χ0) is 21.3. The fraction of sp³-hybridized carbons (Fsp3) is 0.692. The molecule has 0 amide bonds. The molecular weight excluding hydrogens is 358 g/mol. The molecule has 1 aliphatic heterocycles. The SMILES string of the molecule is COCCOCCC1CCN(C(C=C(C)C)CC(C)(C)c2ccc(C)cc2)CC1. The third-order valence-corrected chi connectivity index (χ3v) is 6.30. The fourth-order valence-corrected chi connectivity index (χ4v) is 4.39. The van der Waals surface area contributed by atoms with Gasteiger partial charge in [0, 0.05) is 19.8 Å². The zero-order valence-corrected chi connectivity index (χ0v) is 19.7. The van der Waals surface area contributed by atoms with Crippen molar-refractivity contribution in [2.45, 2.75) is 71.8 Å². The van der Waals surface area contributed by atoms with E-state index < -0.39 is 0 Å². The minimum Gasteiger partial charge on any atom is -0.382 e. The van der Waals surface area contributed by atoms with Crippen molar-refractivity contribution in [2.24, 2.45) is 5.92 Å². The molecule has 0 aromatic heterocycles. The summed E-state index contributed by atoms with van der Waals surface area (Å²) in [4.78, 5) is 2.71. The van der Waals surface area contributed by atoms with Crippen LogP contribution in [-0.4, -0.2) is 51.0 Å². The van der Waals surface area contributed by atoms with E-state index in [2.05, 4.69) is 69.9 Å². The van der Waals surface area contributed by atoms with Crippen LogP contribution in [0.1, 0.15) is 64.5 Å². The molecule has 1 saturated heterocycles. The number of allylic oxidation sites excluding steroid dienone is 1. The molecule has 2 rings (SSSR count). The van der Waals surface area contributed by atoms with E-state index in [1.165, 1.54) is 49.1 Å². The lowest BCUT2D eigenvalue weighted by Crippen LogP contribution is -2.43. The summed E-state index contributed by atoms with van der Waals surface area (Å²) in [5.41, 5.74) is 4.36. The molecule has 3 heteroatoms. The molecule has 0 aliphatic carbocycles. The Bertz CT molecular complexity index is 608. The number of likely N-dealkylation sites (tertiary alicyclic amines) is 1. The summed E-state index contributed by atoms with van der Waals surface area (Å²) in [5.74, 6) is 0.797. The molecule has 29 heavy (non-hydrogen) atoms. The number of piperidine rings is 1. The molecule has 1 heterocycles. The van der Waals surface area contributed by atoms with Gasteiger partial charge in [-0.15, -0.1) is 0 Å². The maximum atomic E-state index is 5.68. The predicted molar refractivity (Wildman–Crippen MR) is 124 cm³/mol. The second kappa shape index (κ2) is 11.9. The maximum absolute atomic E-state index is 5.68. The largest absolute Gasteiger partial charge is 0.382 e. The summed E-state index contributed by atoms with van der Waals surface area (Å²) in [6.45, 7) is 16.1. The number of benzene rings is 1. The van der Waals surface area contributed by atoms with Gasteiger partial charge >= 0.3 is 0 Å². The van der Waals surface area contributed by atoms with E-state index in [9.17, 15) is 0 Å². The van der Waals surface area contributed by atoms with Gasteiger partial charge in [0.25, 0.3) is 0 Å². The van der Waals surface area contributed by atoms with E-state index >= 15 is 0 Å². The molecule has 1 aromatic rings. The Morgan fingerprint density at radius 3 is 2.34 bits per heavy atom. The van der Waals surface area contributed by atoms with E-state index in [1.54, 1.807) is 7.11 Å². The molecule has 1 aromatic carbocycles. The summed E-state index contributed by atoms with van der Waals surface area (Å²) in [6.07, 6.45) is 7.40. The number of methoxy groups -OCH3 is 1. The van der Waals surface area contributed by atoms with Crippen molar-refractivity contribution in [3.63, 3.8) is 0 Å². The molecule has 0 spiro atoms. The molecule has 164 valence electrons. The number of ether oxygens (including phenoxy) is 2. The highest BCUT2D eigenvalue weighted by Gasteiger charge is 2.30. The van der Waals surface area contributed by atoms with Crippen LogP contribution < -0.4 is 0 Å². The minimum absolute atomic E-state index is 0.163. The van der Waals surface area contributed by atoms with Crippen molar-refractivity contribution < 1.29 is 9.47 Å². The van der Waals surface area contributed by atoms with Crippen LogP contribution in [0.3, 0.4) is 0 Å². The van der Waals surface area contributed by atoms with Crippen LogP contribution >= 0.6 is 0 Å². The number of nitrogens with zero attached hydrogens (tertiary/aromatic N) is 1. The Kier molecular flexibility index (Phi) is 9.88. The lowest BCUT2D eigenvalue weighted by atomic mass is 9.77. The monoisotopic (exact) mass is 401 g/mol. The van der Waals surface area contributed by atoms with E-state index in [0.717, 1.165) is 18.9 Å². The molecule has 1 fully saturated rings. The van der Waals surface area contributed by atoms with Crippen molar-refractivity contribution in [3.05, 3.63) is 47.0 Å². The van der Waals surface area contributed by atoms with E-state index in [0.29, 0.717) is 19.3 Å². The third kappa shape index (κ3) is 8.24. The summed E-state index contributed by atoms with van der Waals surface area (Å²) in [6, 6.07) is 9.62. The van der Waals surface area contributed by atoms with Crippen LogP contribution in [0.2, 0.25) is 0 Å². The van der Waals surface area contributed by atoms with Crippen LogP contribution in [-0.2, 0) is 14.9 Å². The van der Waals surface area contributed by atoms with Crippen molar-refractivity contribution in [1.29, 1.82) is 0 Å². The smallest absolute Gasteiger partial charge is 0.0700 e. The lowest BCUT2D eigenvalue weighted by molar-refractivity contribution is 0.0549. The van der Waals surface area contributed by atoms with Crippen molar-refractivity contribution >= 4 is 0 Å². The third-order valence-electron chi connectivity index (χ3n) is 6.30. The number of hydrogen-bond donors (Lipinski definition) is 0. The van der Waals surface area contributed by atoms with Crippen LogP contribution in [0.5, 0.6) is 0 Å². The van der Waals surface area contributed by atoms with Gasteiger partial charge in [0.15, 0.2) is 0 Å².